The highest BCUT2D eigenvalue weighted by Gasteiger charge is 2.10. The molecule has 0 aliphatic rings. The van der Waals surface area contributed by atoms with E-state index in [1.54, 1.807) is 11.9 Å². The van der Waals surface area contributed by atoms with Gasteiger partial charge in [0.05, 0.1) is 0 Å². The summed E-state index contributed by atoms with van der Waals surface area (Å²) in [7, 11) is 1.74. The first kappa shape index (κ1) is 12.4. The van der Waals surface area contributed by atoms with Crippen LogP contribution in [0.1, 0.15) is 30.9 Å². The van der Waals surface area contributed by atoms with Crippen molar-refractivity contribution in [2.24, 2.45) is 0 Å². The number of carbonyl (C=O) groups excluding carboxylic acids is 2. The molecule has 0 saturated heterocycles. The molecule has 0 fully saturated rings. The van der Waals surface area contributed by atoms with E-state index in [0.29, 0.717) is 0 Å². The molecule has 0 aromatic heterocycles. The monoisotopic (exact) mass is 219 g/mol. The molecular formula is C13H17NO2. The van der Waals surface area contributed by atoms with Crippen LogP contribution in [0.25, 0.3) is 0 Å². The minimum atomic E-state index is -0.101. The van der Waals surface area contributed by atoms with Crippen molar-refractivity contribution >= 4 is 17.9 Å². The van der Waals surface area contributed by atoms with Crippen molar-refractivity contribution in [3.8, 4) is 0 Å². The molecular weight excluding hydrogens is 202 g/mol. The van der Waals surface area contributed by atoms with Gasteiger partial charge in [-0.3, -0.25) is 4.79 Å². The highest BCUT2D eigenvalue weighted by atomic mass is 16.2. The maximum absolute atomic E-state index is 11.2. The molecule has 1 aromatic rings. The van der Waals surface area contributed by atoms with Crippen LogP contribution in [-0.4, -0.2) is 19.2 Å². The van der Waals surface area contributed by atoms with Gasteiger partial charge in [-0.2, -0.15) is 0 Å². The number of nitrogens with zero attached hydrogens (tertiary/aromatic N) is 1. The SMILES string of the molecule is CC(=O)N(C)c1ccc(C(C)C=O)cc1C. The molecule has 0 N–H and O–H groups in total. The lowest BCUT2D eigenvalue weighted by atomic mass is 9.99. The average molecular weight is 219 g/mol. The summed E-state index contributed by atoms with van der Waals surface area (Å²) in [5, 5.41) is 0. The first-order valence-corrected chi connectivity index (χ1v) is 5.27. The summed E-state index contributed by atoms with van der Waals surface area (Å²) in [6.07, 6.45) is 0.920. The normalized spacial score (nSPS) is 12.0. The highest BCUT2D eigenvalue weighted by Crippen LogP contribution is 2.23. The Hall–Kier alpha value is -1.64. The molecule has 1 amide bonds. The number of hydrogen-bond donors (Lipinski definition) is 0. The number of rotatable bonds is 3. The van der Waals surface area contributed by atoms with E-state index in [9.17, 15) is 9.59 Å². The summed E-state index contributed by atoms with van der Waals surface area (Å²) in [6.45, 7) is 5.33. The minimum Gasteiger partial charge on any atom is -0.315 e. The van der Waals surface area contributed by atoms with Crippen LogP contribution in [-0.2, 0) is 9.59 Å². The van der Waals surface area contributed by atoms with Crippen LogP contribution in [0.2, 0.25) is 0 Å². The molecule has 86 valence electrons. The van der Waals surface area contributed by atoms with E-state index in [4.69, 9.17) is 0 Å². The van der Waals surface area contributed by atoms with Crippen LogP contribution >= 0.6 is 0 Å². The minimum absolute atomic E-state index is 0.000661. The van der Waals surface area contributed by atoms with E-state index >= 15 is 0 Å². The molecule has 0 aliphatic heterocycles. The van der Waals surface area contributed by atoms with Crippen molar-refractivity contribution in [3.05, 3.63) is 29.3 Å². The molecule has 3 heteroatoms. The lowest BCUT2D eigenvalue weighted by Crippen LogP contribution is -2.23. The van der Waals surface area contributed by atoms with Crippen molar-refractivity contribution < 1.29 is 9.59 Å². The van der Waals surface area contributed by atoms with Gasteiger partial charge in [0.25, 0.3) is 0 Å². The molecule has 0 radical (unpaired) electrons. The molecule has 0 spiro atoms. The molecule has 16 heavy (non-hydrogen) atoms. The topological polar surface area (TPSA) is 37.4 Å². The highest BCUT2D eigenvalue weighted by molar-refractivity contribution is 5.91. The molecule has 1 rings (SSSR count). The zero-order valence-electron chi connectivity index (χ0n) is 10.2. The van der Waals surface area contributed by atoms with Crippen LogP contribution in [0.3, 0.4) is 0 Å². The number of aldehydes is 1. The first-order valence-electron chi connectivity index (χ1n) is 5.27. The van der Waals surface area contributed by atoms with Crippen LogP contribution in [0, 0.1) is 6.92 Å². The van der Waals surface area contributed by atoms with Crippen LogP contribution in [0.5, 0.6) is 0 Å². The zero-order valence-corrected chi connectivity index (χ0v) is 10.2. The fourth-order valence-corrected chi connectivity index (χ4v) is 1.59. The Bertz CT molecular complexity index is 412. The Balaban J connectivity index is 3.09. The molecule has 1 atom stereocenters. The van der Waals surface area contributed by atoms with E-state index in [0.717, 1.165) is 23.1 Å². The number of benzene rings is 1. The van der Waals surface area contributed by atoms with Gasteiger partial charge in [-0.05, 0) is 24.1 Å². The number of anilines is 1. The van der Waals surface area contributed by atoms with Crippen molar-refractivity contribution in [3.63, 3.8) is 0 Å². The summed E-state index contributed by atoms with van der Waals surface area (Å²) in [5.41, 5.74) is 2.87. The third kappa shape index (κ3) is 2.48. The van der Waals surface area contributed by atoms with Crippen LogP contribution in [0.4, 0.5) is 5.69 Å². The second-order valence-electron chi connectivity index (χ2n) is 4.05. The van der Waals surface area contributed by atoms with E-state index in [1.807, 2.05) is 32.0 Å². The lowest BCUT2D eigenvalue weighted by Gasteiger charge is -2.18. The second kappa shape index (κ2) is 4.92. The Morgan fingerprint density at radius 3 is 2.50 bits per heavy atom. The largest absolute Gasteiger partial charge is 0.315 e. The molecule has 0 bridgehead atoms. The van der Waals surface area contributed by atoms with Gasteiger partial charge in [0.1, 0.15) is 6.29 Å². The summed E-state index contributed by atoms with van der Waals surface area (Å²) in [5.74, 6) is -0.102. The third-order valence-electron chi connectivity index (χ3n) is 2.78. The standard InChI is InChI=1S/C13H17NO2/c1-9-7-12(10(2)8-15)5-6-13(9)14(4)11(3)16/h5-8,10H,1-4H3. The van der Waals surface area contributed by atoms with Gasteiger partial charge in [-0.25, -0.2) is 0 Å². The molecule has 0 heterocycles. The summed E-state index contributed by atoms with van der Waals surface area (Å²) >= 11 is 0. The van der Waals surface area contributed by atoms with Gasteiger partial charge in [0, 0.05) is 25.6 Å². The maximum atomic E-state index is 11.2. The zero-order chi connectivity index (χ0) is 12.3. The van der Waals surface area contributed by atoms with E-state index < -0.39 is 0 Å². The van der Waals surface area contributed by atoms with Crippen molar-refractivity contribution in [2.75, 3.05) is 11.9 Å². The molecule has 3 nitrogen and oxygen atoms in total. The fraction of sp³-hybridized carbons (Fsp3) is 0.385. The van der Waals surface area contributed by atoms with Gasteiger partial charge in [-0.15, -0.1) is 0 Å². The van der Waals surface area contributed by atoms with Crippen molar-refractivity contribution in [2.45, 2.75) is 26.7 Å². The average Bonchev–Trinajstić information content (AvgIpc) is 2.26. The van der Waals surface area contributed by atoms with E-state index in [2.05, 4.69) is 0 Å². The number of amides is 1. The number of carbonyl (C=O) groups is 2. The number of aryl methyl sites for hydroxylation is 1. The fourth-order valence-electron chi connectivity index (χ4n) is 1.59. The second-order valence-corrected chi connectivity index (χ2v) is 4.05. The van der Waals surface area contributed by atoms with Gasteiger partial charge >= 0.3 is 0 Å². The lowest BCUT2D eigenvalue weighted by molar-refractivity contribution is -0.116. The van der Waals surface area contributed by atoms with E-state index in [-0.39, 0.29) is 11.8 Å². The Morgan fingerprint density at radius 2 is 2.06 bits per heavy atom. The predicted octanol–water partition coefficient (Wildman–Crippen LogP) is 2.28. The summed E-state index contributed by atoms with van der Waals surface area (Å²) in [4.78, 5) is 23.5. The van der Waals surface area contributed by atoms with Crippen LogP contribution in [0.15, 0.2) is 18.2 Å². The van der Waals surface area contributed by atoms with Gasteiger partial charge in [-0.1, -0.05) is 19.1 Å². The first-order chi connectivity index (χ1) is 7.47. The van der Waals surface area contributed by atoms with Gasteiger partial charge in [0.2, 0.25) is 5.91 Å². The Kier molecular flexibility index (Phi) is 3.82. The van der Waals surface area contributed by atoms with Crippen molar-refractivity contribution in [1.82, 2.24) is 0 Å². The predicted molar refractivity (Wildman–Crippen MR) is 64.7 cm³/mol. The Labute approximate surface area is 96.1 Å². The van der Waals surface area contributed by atoms with Crippen molar-refractivity contribution in [1.29, 1.82) is 0 Å². The quantitative estimate of drug-likeness (QED) is 0.731. The Morgan fingerprint density at radius 1 is 1.44 bits per heavy atom. The smallest absolute Gasteiger partial charge is 0.223 e. The summed E-state index contributed by atoms with van der Waals surface area (Å²) in [6, 6.07) is 5.72. The van der Waals surface area contributed by atoms with Crippen LogP contribution < -0.4 is 4.90 Å². The van der Waals surface area contributed by atoms with E-state index in [1.165, 1.54) is 6.92 Å². The summed E-state index contributed by atoms with van der Waals surface area (Å²) < 4.78 is 0. The van der Waals surface area contributed by atoms with Gasteiger partial charge in [0.15, 0.2) is 0 Å². The third-order valence-corrected chi connectivity index (χ3v) is 2.78. The maximum Gasteiger partial charge on any atom is 0.223 e. The molecule has 0 aliphatic carbocycles. The van der Waals surface area contributed by atoms with Gasteiger partial charge < -0.3 is 9.69 Å². The molecule has 1 aromatic carbocycles. The number of hydrogen-bond acceptors (Lipinski definition) is 2. The molecule has 1 unspecified atom stereocenters. The molecule has 0 saturated carbocycles.